The van der Waals surface area contributed by atoms with Crippen molar-refractivity contribution >= 4 is 0 Å². The number of piperidine rings is 1. The predicted octanol–water partition coefficient (Wildman–Crippen LogP) is 2.15. The highest BCUT2D eigenvalue weighted by atomic mass is 16.5. The zero-order chi connectivity index (χ0) is 13.8. The molecule has 1 saturated carbocycles. The van der Waals surface area contributed by atoms with E-state index in [2.05, 4.69) is 10.5 Å². The van der Waals surface area contributed by atoms with Crippen molar-refractivity contribution in [2.24, 2.45) is 0 Å². The molecule has 1 aliphatic carbocycles. The second kappa shape index (κ2) is 6.59. The van der Waals surface area contributed by atoms with Gasteiger partial charge < -0.3 is 14.6 Å². The summed E-state index contributed by atoms with van der Waals surface area (Å²) in [6, 6.07) is 1.95. The van der Waals surface area contributed by atoms with Gasteiger partial charge in [0.1, 0.15) is 5.76 Å². The van der Waals surface area contributed by atoms with Crippen molar-refractivity contribution in [3.05, 3.63) is 22.2 Å². The highest BCUT2D eigenvalue weighted by Gasteiger charge is 2.26. The summed E-state index contributed by atoms with van der Waals surface area (Å²) < 4.78 is 11.3. The van der Waals surface area contributed by atoms with Gasteiger partial charge in [0.15, 0.2) is 0 Å². The van der Waals surface area contributed by atoms with Gasteiger partial charge in [-0.3, -0.25) is 4.79 Å². The van der Waals surface area contributed by atoms with Crippen LogP contribution in [-0.2, 0) is 4.74 Å². The molecule has 1 aliphatic heterocycles. The lowest BCUT2D eigenvalue weighted by molar-refractivity contribution is 0.0105. The fraction of sp³-hybridized carbons (Fsp3) is 0.800. The maximum atomic E-state index is 11.2. The molecule has 3 rings (SSSR count). The molecule has 112 valence electrons. The average molecular weight is 280 g/mol. The Morgan fingerprint density at radius 2 is 2.10 bits per heavy atom. The highest BCUT2D eigenvalue weighted by Crippen LogP contribution is 2.27. The first-order valence-electron chi connectivity index (χ1n) is 7.84. The van der Waals surface area contributed by atoms with Gasteiger partial charge in [-0.15, -0.1) is 0 Å². The SMILES string of the molecule is O=c1cc([C@@H]2CCN[C@H](COC3CCCCC3)C2)o[nH]1. The van der Waals surface area contributed by atoms with Crippen molar-refractivity contribution < 1.29 is 9.26 Å². The monoisotopic (exact) mass is 280 g/mol. The topological polar surface area (TPSA) is 67.3 Å². The Balaban J connectivity index is 1.49. The summed E-state index contributed by atoms with van der Waals surface area (Å²) in [5.74, 6) is 1.12. The molecule has 0 spiro atoms. The van der Waals surface area contributed by atoms with E-state index in [1.807, 2.05) is 0 Å². The second-order valence-electron chi connectivity index (χ2n) is 6.08. The lowest BCUT2D eigenvalue weighted by atomic mass is 9.90. The Morgan fingerprint density at radius 3 is 2.85 bits per heavy atom. The zero-order valence-corrected chi connectivity index (χ0v) is 11.9. The van der Waals surface area contributed by atoms with Crippen LogP contribution >= 0.6 is 0 Å². The molecule has 20 heavy (non-hydrogen) atoms. The zero-order valence-electron chi connectivity index (χ0n) is 11.9. The van der Waals surface area contributed by atoms with Crippen LogP contribution in [0.1, 0.15) is 56.6 Å². The van der Waals surface area contributed by atoms with Crippen molar-refractivity contribution in [1.29, 1.82) is 0 Å². The van der Waals surface area contributed by atoms with Crippen LogP contribution in [0.2, 0.25) is 0 Å². The summed E-state index contributed by atoms with van der Waals surface area (Å²) in [6.45, 7) is 1.73. The molecule has 0 unspecified atom stereocenters. The molecule has 5 heteroatoms. The van der Waals surface area contributed by atoms with Gasteiger partial charge in [0.25, 0.3) is 5.56 Å². The molecule has 1 saturated heterocycles. The van der Waals surface area contributed by atoms with E-state index in [0.29, 0.717) is 18.1 Å². The fourth-order valence-electron chi connectivity index (χ4n) is 3.37. The van der Waals surface area contributed by atoms with Gasteiger partial charge in [-0.1, -0.05) is 19.3 Å². The summed E-state index contributed by atoms with van der Waals surface area (Å²) >= 11 is 0. The largest absolute Gasteiger partial charge is 0.383 e. The number of hydrogen-bond donors (Lipinski definition) is 2. The number of H-pyrrole nitrogens is 1. The Labute approximate surface area is 119 Å². The minimum Gasteiger partial charge on any atom is -0.383 e. The van der Waals surface area contributed by atoms with Crippen molar-refractivity contribution in [2.45, 2.75) is 63.0 Å². The average Bonchev–Trinajstić information content (AvgIpc) is 2.93. The van der Waals surface area contributed by atoms with Gasteiger partial charge >= 0.3 is 0 Å². The van der Waals surface area contributed by atoms with E-state index in [1.54, 1.807) is 6.07 Å². The van der Waals surface area contributed by atoms with Crippen molar-refractivity contribution in [1.82, 2.24) is 10.5 Å². The normalized spacial score (nSPS) is 28.6. The maximum absolute atomic E-state index is 11.2. The highest BCUT2D eigenvalue weighted by molar-refractivity contribution is 5.05. The minimum atomic E-state index is -0.145. The maximum Gasteiger partial charge on any atom is 0.280 e. The summed E-state index contributed by atoms with van der Waals surface area (Å²) in [6.07, 6.45) is 8.84. The first kappa shape index (κ1) is 13.9. The van der Waals surface area contributed by atoms with E-state index >= 15 is 0 Å². The van der Waals surface area contributed by atoms with E-state index in [9.17, 15) is 4.79 Å². The van der Waals surface area contributed by atoms with Crippen LogP contribution in [0.25, 0.3) is 0 Å². The molecule has 0 bridgehead atoms. The van der Waals surface area contributed by atoms with Crippen LogP contribution in [0.5, 0.6) is 0 Å². The second-order valence-corrected chi connectivity index (χ2v) is 6.08. The molecule has 2 fully saturated rings. The number of rotatable bonds is 4. The molecular weight excluding hydrogens is 256 g/mol. The molecule has 2 aliphatic rings. The molecule has 5 nitrogen and oxygen atoms in total. The smallest absolute Gasteiger partial charge is 0.280 e. The van der Waals surface area contributed by atoms with E-state index in [4.69, 9.17) is 9.26 Å². The van der Waals surface area contributed by atoms with Crippen LogP contribution in [0.4, 0.5) is 0 Å². The third-order valence-corrected chi connectivity index (χ3v) is 4.53. The van der Waals surface area contributed by atoms with Gasteiger partial charge in [-0.2, -0.15) is 5.16 Å². The number of aromatic amines is 1. The van der Waals surface area contributed by atoms with Gasteiger partial charge in [-0.25, -0.2) is 0 Å². The molecular formula is C15H24N2O3. The number of hydrogen-bond acceptors (Lipinski definition) is 4. The third-order valence-electron chi connectivity index (χ3n) is 4.53. The molecule has 0 aromatic carbocycles. The first-order chi connectivity index (χ1) is 9.81. The standard InChI is InChI=1S/C15H24N2O3/c18-15-9-14(20-17-15)11-6-7-16-12(8-11)10-19-13-4-2-1-3-5-13/h9,11-13,16H,1-8,10H2,(H,17,18)/t11-,12+/m1/s1. The fourth-order valence-corrected chi connectivity index (χ4v) is 3.37. The molecule has 1 aromatic rings. The lowest BCUT2D eigenvalue weighted by Crippen LogP contribution is -2.41. The Kier molecular flexibility index (Phi) is 4.58. The van der Waals surface area contributed by atoms with Gasteiger partial charge in [0.05, 0.1) is 12.7 Å². The van der Waals surface area contributed by atoms with Crippen molar-refractivity contribution in [3.8, 4) is 0 Å². The van der Waals surface area contributed by atoms with E-state index < -0.39 is 0 Å². The molecule has 0 amide bonds. The Morgan fingerprint density at radius 1 is 1.25 bits per heavy atom. The summed E-state index contributed by atoms with van der Waals surface area (Å²) in [5, 5.41) is 5.89. The van der Waals surface area contributed by atoms with Crippen LogP contribution in [0.15, 0.2) is 15.4 Å². The quantitative estimate of drug-likeness (QED) is 0.887. The molecule has 0 radical (unpaired) electrons. The summed E-state index contributed by atoms with van der Waals surface area (Å²) in [4.78, 5) is 11.2. The number of ether oxygens (including phenoxy) is 1. The lowest BCUT2D eigenvalue weighted by Gasteiger charge is -2.31. The van der Waals surface area contributed by atoms with E-state index in [-0.39, 0.29) is 5.56 Å². The predicted molar refractivity (Wildman–Crippen MR) is 75.9 cm³/mol. The van der Waals surface area contributed by atoms with E-state index in [1.165, 1.54) is 32.1 Å². The third kappa shape index (κ3) is 3.52. The van der Waals surface area contributed by atoms with Gasteiger partial charge in [-0.05, 0) is 32.2 Å². The van der Waals surface area contributed by atoms with E-state index in [0.717, 1.165) is 31.8 Å². The summed E-state index contributed by atoms with van der Waals surface area (Å²) in [7, 11) is 0. The van der Waals surface area contributed by atoms with Gasteiger partial charge in [0, 0.05) is 18.0 Å². The molecule has 2 heterocycles. The van der Waals surface area contributed by atoms with Crippen molar-refractivity contribution in [2.75, 3.05) is 13.2 Å². The number of aromatic nitrogens is 1. The van der Waals surface area contributed by atoms with Gasteiger partial charge in [0.2, 0.25) is 0 Å². The van der Waals surface area contributed by atoms with Crippen LogP contribution in [0, 0.1) is 0 Å². The Bertz CT molecular complexity index is 462. The minimum absolute atomic E-state index is 0.145. The summed E-state index contributed by atoms with van der Waals surface area (Å²) in [5.41, 5.74) is -0.145. The van der Waals surface area contributed by atoms with Crippen molar-refractivity contribution in [3.63, 3.8) is 0 Å². The van der Waals surface area contributed by atoms with Crippen LogP contribution < -0.4 is 10.9 Å². The van der Waals surface area contributed by atoms with Crippen LogP contribution in [-0.4, -0.2) is 30.5 Å². The molecule has 1 aromatic heterocycles. The molecule has 2 N–H and O–H groups in total. The number of nitrogens with one attached hydrogen (secondary N) is 2. The first-order valence-corrected chi connectivity index (χ1v) is 7.84. The molecule has 2 atom stereocenters. The Hall–Kier alpha value is -1.07. The van der Waals surface area contributed by atoms with Crippen LogP contribution in [0.3, 0.4) is 0 Å².